The molecular formula is C26H27N3O4S. The number of thiophene rings is 1. The molecule has 2 aromatic carbocycles. The molecule has 0 aliphatic rings. The number of nitrogens with one attached hydrogen (secondary N) is 1. The molecule has 176 valence electrons. The van der Waals surface area contributed by atoms with Crippen LogP contribution in [-0.2, 0) is 13.2 Å². The maximum absolute atomic E-state index is 12.4. The second-order valence-corrected chi connectivity index (χ2v) is 8.87. The van der Waals surface area contributed by atoms with Gasteiger partial charge in [0, 0.05) is 29.8 Å². The number of rotatable bonds is 9. The minimum atomic E-state index is -0.296. The van der Waals surface area contributed by atoms with E-state index in [4.69, 9.17) is 20.3 Å². The van der Waals surface area contributed by atoms with Gasteiger partial charge in [-0.25, -0.2) is 4.98 Å². The predicted molar refractivity (Wildman–Crippen MR) is 134 cm³/mol. The summed E-state index contributed by atoms with van der Waals surface area (Å²) in [6.45, 7) is 4.85. The third kappa shape index (κ3) is 5.30. The van der Waals surface area contributed by atoms with Gasteiger partial charge in [-0.3, -0.25) is 4.79 Å². The van der Waals surface area contributed by atoms with Gasteiger partial charge in [-0.2, -0.15) is 0 Å². The van der Waals surface area contributed by atoms with Gasteiger partial charge in [0.25, 0.3) is 5.91 Å². The van der Waals surface area contributed by atoms with E-state index in [1.165, 1.54) is 23.1 Å². The van der Waals surface area contributed by atoms with E-state index in [9.17, 15) is 4.79 Å². The number of anilines is 1. The topological polar surface area (TPSA) is 107 Å². The Balaban J connectivity index is 1.50. The number of benzene rings is 2. The van der Waals surface area contributed by atoms with Crippen LogP contribution in [0.1, 0.15) is 32.6 Å². The third-order valence-corrected chi connectivity index (χ3v) is 6.48. The Morgan fingerprint density at radius 3 is 2.50 bits per heavy atom. The van der Waals surface area contributed by atoms with E-state index < -0.39 is 0 Å². The molecule has 0 bridgehead atoms. The summed E-state index contributed by atoms with van der Waals surface area (Å²) in [5.74, 6) is 1.47. The van der Waals surface area contributed by atoms with Gasteiger partial charge in [-0.05, 0) is 48.1 Å². The summed E-state index contributed by atoms with van der Waals surface area (Å²) in [7, 11) is 0. The zero-order valence-electron chi connectivity index (χ0n) is 19.1. The molecule has 7 nitrogen and oxygen atoms in total. The first-order valence-corrected chi connectivity index (χ1v) is 11.8. The number of carbonyl (C=O) groups excluding carboxylic acids is 1. The smallest absolute Gasteiger partial charge is 0.254 e. The molecule has 2 heterocycles. The number of aromatic nitrogens is 1. The van der Waals surface area contributed by atoms with Gasteiger partial charge in [0.1, 0.15) is 30.5 Å². The van der Waals surface area contributed by atoms with Crippen LogP contribution in [-0.4, -0.2) is 29.1 Å². The van der Waals surface area contributed by atoms with E-state index in [2.05, 4.69) is 29.4 Å². The number of aliphatic hydroxyl groups is 1. The van der Waals surface area contributed by atoms with E-state index in [1.807, 2.05) is 42.6 Å². The minimum Gasteiger partial charge on any atom is -0.489 e. The van der Waals surface area contributed by atoms with Gasteiger partial charge in [0.05, 0.1) is 16.9 Å². The van der Waals surface area contributed by atoms with Gasteiger partial charge >= 0.3 is 0 Å². The summed E-state index contributed by atoms with van der Waals surface area (Å²) < 4.78 is 12.9. The van der Waals surface area contributed by atoms with Crippen molar-refractivity contribution >= 4 is 33.1 Å². The van der Waals surface area contributed by atoms with Crippen molar-refractivity contribution in [3.05, 3.63) is 81.9 Å². The Morgan fingerprint density at radius 2 is 1.79 bits per heavy atom. The van der Waals surface area contributed by atoms with E-state index >= 15 is 0 Å². The number of hydrogen-bond donors (Lipinski definition) is 3. The fourth-order valence-electron chi connectivity index (χ4n) is 3.64. The van der Waals surface area contributed by atoms with Crippen molar-refractivity contribution in [2.24, 2.45) is 0 Å². The van der Waals surface area contributed by atoms with Crippen LogP contribution in [0.2, 0.25) is 0 Å². The largest absolute Gasteiger partial charge is 0.489 e. The van der Waals surface area contributed by atoms with Crippen molar-refractivity contribution in [3.8, 4) is 11.5 Å². The van der Waals surface area contributed by atoms with E-state index in [0.717, 1.165) is 27.1 Å². The second-order valence-electron chi connectivity index (χ2n) is 7.99. The lowest BCUT2D eigenvalue weighted by Gasteiger charge is -2.12. The summed E-state index contributed by atoms with van der Waals surface area (Å²) in [6, 6.07) is 13.9. The molecule has 0 radical (unpaired) electrons. The fourth-order valence-corrected chi connectivity index (χ4v) is 4.71. The maximum atomic E-state index is 12.4. The van der Waals surface area contributed by atoms with Crippen LogP contribution in [0.15, 0.2) is 54.0 Å². The van der Waals surface area contributed by atoms with E-state index in [1.54, 1.807) is 0 Å². The van der Waals surface area contributed by atoms with E-state index in [0.29, 0.717) is 29.1 Å². The lowest BCUT2D eigenvalue weighted by molar-refractivity contribution is 0.0946. The number of nitrogen functional groups attached to an aromatic ring is 1. The lowest BCUT2D eigenvalue weighted by Crippen LogP contribution is -2.26. The zero-order chi connectivity index (χ0) is 24.1. The molecule has 8 heteroatoms. The van der Waals surface area contributed by atoms with Crippen molar-refractivity contribution in [1.29, 1.82) is 0 Å². The number of aliphatic hydroxyl groups excluding tert-OH is 1. The van der Waals surface area contributed by atoms with Crippen LogP contribution in [0.3, 0.4) is 0 Å². The molecule has 0 atom stereocenters. The molecule has 0 aliphatic heterocycles. The van der Waals surface area contributed by atoms with Crippen molar-refractivity contribution < 1.29 is 19.4 Å². The molecule has 2 aromatic heterocycles. The first-order chi connectivity index (χ1) is 16.5. The van der Waals surface area contributed by atoms with Gasteiger partial charge in [0.2, 0.25) is 0 Å². The third-order valence-electron chi connectivity index (χ3n) is 5.42. The number of ether oxygens (including phenoxy) is 2. The Hall–Kier alpha value is -3.62. The number of carbonyl (C=O) groups is 1. The Morgan fingerprint density at radius 1 is 1.09 bits per heavy atom. The highest BCUT2D eigenvalue weighted by atomic mass is 32.1. The normalized spacial score (nSPS) is 10.9. The van der Waals surface area contributed by atoms with Gasteiger partial charge < -0.3 is 25.6 Å². The summed E-state index contributed by atoms with van der Waals surface area (Å²) in [4.78, 5) is 16.6. The molecule has 34 heavy (non-hydrogen) atoms. The lowest BCUT2D eigenvalue weighted by atomic mass is 10.1. The van der Waals surface area contributed by atoms with Crippen molar-refractivity contribution in [2.75, 3.05) is 18.9 Å². The van der Waals surface area contributed by atoms with Gasteiger partial charge in [-0.1, -0.05) is 24.3 Å². The number of pyridine rings is 1. The van der Waals surface area contributed by atoms with Crippen LogP contribution in [0.4, 0.5) is 5.82 Å². The molecule has 0 fully saturated rings. The number of nitrogens with zero attached hydrogens (tertiary/aromatic N) is 1. The van der Waals surface area contributed by atoms with Crippen molar-refractivity contribution in [1.82, 2.24) is 10.3 Å². The maximum Gasteiger partial charge on any atom is 0.254 e. The summed E-state index contributed by atoms with van der Waals surface area (Å²) >= 11 is 1.42. The van der Waals surface area contributed by atoms with Crippen LogP contribution >= 0.6 is 11.3 Å². The van der Waals surface area contributed by atoms with E-state index in [-0.39, 0.29) is 25.7 Å². The number of fused-ring (bicyclic) bond motifs is 1. The fraction of sp³-hybridized carbons (Fsp3) is 0.231. The SMILES string of the molecule is Cc1cc(OCc2ccccc2C)cc(OCc2csc3c(C(=O)NCCO)cnc(N)c23)c1. The molecule has 0 unspecified atom stereocenters. The van der Waals surface area contributed by atoms with Crippen LogP contribution < -0.4 is 20.5 Å². The number of nitrogens with two attached hydrogens (primary N) is 1. The van der Waals surface area contributed by atoms with Crippen molar-refractivity contribution in [3.63, 3.8) is 0 Å². The molecule has 4 aromatic rings. The van der Waals surface area contributed by atoms with Crippen LogP contribution in [0, 0.1) is 13.8 Å². The minimum absolute atomic E-state index is 0.131. The molecule has 0 saturated carbocycles. The number of aryl methyl sites for hydroxylation is 2. The monoisotopic (exact) mass is 477 g/mol. The predicted octanol–water partition coefficient (Wildman–Crippen LogP) is 4.38. The first-order valence-electron chi connectivity index (χ1n) is 10.9. The Kier molecular flexibility index (Phi) is 7.30. The highest BCUT2D eigenvalue weighted by Crippen LogP contribution is 2.33. The van der Waals surface area contributed by atoms with Crippen molar-refractivity contribution in [2.45, 2.75) is 27.1 Å². The van der Waals surface area contributed by atoms with Gasteiger partial charge in [-0.15, -0.1) is 11.3 Å². The quantitative estimate of drug-likeness (QED) is 0.330. The summed E-state index contributed by atoms with van der Waals surface area (Å²) in [5.41, 5.74) is 10.8. The van der Waals surface area contributed by atoms with Crippen LogP contribution in [0.25, 0.3) is 10.1 Å². The van der Waals surface area contributed by atoms with Crippen LogP contribution in [0.5, 0.6) is 11.5 Å². The highest BCUT2D eigenvalue weighted by molar-refractivity contribution is 7.17. The number of hydrogen-bond acceptors (Lipinski definition) is 7. The second kappa shape index (κ2) is 10.5. The summed E-state index contributed by atoms with van der Waals surface area (Å²) in [5, 5.41) is 14.3. The standard InChI is InChI=1S/C26H27N3O4S/c1-16-9-20(32-13-18-6-4-3-5-17(18)2)11-21(10-16)33-14-19-15-34-24-22(26(31)28-7-8-30)12-29-25(27)23(19)24/h3-6,9-12,15,30H,7-8,13-14H2,1-2H3,(H2,27,29)(H,28,31). The Bertz CT molecular complexity index is 1320. The first kappa shape index (κ1) is 23.5. The average molecular weight is 478 g/mol. The van der Waals surface area contributed by atoms with Gasteiger partial charge in [0.15, 0.2) is 0 Å². The molecule has 4 rings (SSSR count). The molecule has 0 aliphatic carbocycles. The molecular weight excluding hydrogens is 450 g/mol. The molecule has 1 amide bonds. The molecule has 0 saturated heterocycles. The zero-order valence-corrected chi connectivity index (χ0v) is 19.9. The molecule has 0 spiro atoms. The summed E-state index contributed by atoms with van der Waals surface area (Å²) in [6.07, 6.45) is 1.46. The highest BCUT2D eigenvalue weighted by Gasteiger charge is 2.17. The number of amides is 1. The Labute approximate surface area is 202 Å². The molecule has 4 N–H and O–H groups in total. The average Bonchev–Trinajstić information content (AvgIpc) is 3.25.